The Morgan fingerprint density at radius 2 is 2.04 bits per heavy atom. The minimum atomic E-state index is 0.223. The zero-order chi connectivity index (χ0) is 15.6. The highest BCUT2D eigenvalue weighted by molar-refractivity contribution is 7.99. The molecule has 0 radical (unpaired) electrons. The number of hydrogen-bond donors (Lipinski definition) is 0. The van der Waals surface area contributed by atoms with Gasteiger partial charge in [0.15, 0.2) is 5.58 Å². The van der Waals surface area contributed by atoms with Gasteiger partial charge in [0.25, 0.3) is 5.22 Å². The lowest BCUT2D eigenvalue weighted by molar-refractivity contribution is -0.131. The molecule has 0 N–H and O–H groups in total. The third-order valence-corrected chi connectivity index (χ3v) is 6.05. The van der Waals surface area contributed by atoms with Gasteiger partial charge >= 0.3 is 0 Å². The number of hydrogen-bond acceptors (Lipinski definition) is 4. The summed E-state index contributed by atoms with van der Waals surface area (Å²) in [4.78, 5) is 19.0. The van der Waals surface area contributed by atoms with Crippen LogP contribution in [-0.4, -0.2) is 34.6 Å². The van der Waals surface area contributed by atoms with E-state index in [0.29, 0.717) is 11.0 Å². The summed E-state index contributed by atoms with van der Waals surface area (Å²) in [6.45, 7) is 1.88. The average Bonchev–Trinajstić information content (AvgIpc) is 3.02. The molecular weight excluding hydrogens is 308 g/mol. The third kappa shape index (κ3) is 3.25. The Hall–Kier alpha value is -1.49. The smallest absolute Gasteiger partial charge is 0.257 e. The zero-order valence-corrected chi connectivity index (χ0v) is 14.1. The first-order valence-electron chi connectivity index (χ1n) is 8.56. The molecule has 1 aromatic carbocycles. The van der Waals surface area contributed by atoms with Crippen molar-refractivity contribution in [3.63, 3.8) is 0 Å². The van der Waals surface area contributed by atoms with Gasteiger partial charge in [-0.1, -0.05) is 43.2 Å². The van der Waals surface area contributed by atoms with Gasteiger partial charge in [-0.05, 0) is 36.8 Å². The topological polar surface area (TPSA) is 46.3 Å². The lowest BCUT2D eigenvalue weighted by Gasteiger charge is -2.41. The SMILES string of the molecule is O=C(CSc1nc2ccccc2o1)N1CC[C@@H]2CCCC[C@@H]2C1. The van der Waals surface area contributed by atoms with E-state index in [2.05, 4.69) is 9.88 Å². The van der Waals surface area contributed by atoms with Crippen molar-refractivity contribution < 1.29 is 9.21 Å². The maximum Gasteiger partial charge on any atom is 0.257 e. The van der Waals surface area contributed by atoms with Crippen LogP contribution in [0.1, 0.15) is 32.1 Å². The number of rotatable bonds is 3. The number of likely N-dealkylation sites (tertiary alicyclic amines) is 1. The molecule has 1 aliphatic heterocycles. The van der Waals surface area contributed by atoms with Gasteiger partial charge < -0.3 is 9.32 Å². The van der Waals surface area contributed by atoms with Crippen molar-refractivity contribution in [1.29, 1.82) is 0 Å². The summed E-state index contributed by atoms with van der Waals surface area (Å²) in [5.41, 5.74) is 1.64. The number of carbonyl (C=O) groups excluding carboxylic acids is 1. The molecule has 2 atom stereocenters. The van der Waals surface area contributed by atoms with Crippen molar-refractivity contribution >= 4 is 28.8 Å². The Kier molecular flexibility index (Phi) is 4.29. The molecular formula is C18H22N2O2S. The number of carbonyl (C=O) groups is 1. The number of benzene rings is 1. The molecule has 4 rings (SSSR count). The van der Waals surface area contributed by atoms with Crippen LogP contribution in [0.3, 0.4) is 0 Å². The van der Waals surface area contributed by atoms with Crippen molar-refractivity contribution in [2.24, 2.45) is 11.8 Å². The summed E-state index contributed by atoms with van der Waals surface area (Å²) in [6.07, 6.45) is 6.56. The summed E-state index contributed by atoms with van der Waals surface area (Å²) < 4.78 is 5.67. The number of piperidine rings is 1. The van der Waals surface area contributed by atoms with Crippen LogP contribution in [0.5, 0.6) is 0 Å². The van der Waals surface area contributed by atoms with Crippen LogP contribution < -0.4 is 0 Å². The molecule has 0 unspecified atom stereocenters. The van der Waals surface area contributed by atoms with Crippen LogP contribution in [0.4, 0.5) is 0 Å². The fraction of sp³-hybridized carbons (Fsp3) is 0.556. The number of aromatic nitrogens is 1. The number of fused-ring (bicyclic) bond motifs is 2. The normalized spacial score (nSPS) is 24.6. The van der Waals surface area contributed by atoms with E-state index in [0.717, 1.165) is 36.0 Å². The molecule has 1 amide bonds. The van der Waals surface area contributed by atoms with Gasteiger partial charge in [-0.2, -0.15) is 0 Å². The second-order valence-electron chi connectivity index (χ2n) is 6.67. The number of thioether (sulfide) groups is 1. The van der Waals surface area contributed by atoms with Gasteiger partial charge in [0.2, 0.25) is 5.91 Å². The Balaban J connectivity index is 1.34. The summed E-state index contributed by atoms with van der Waals surface area (Å²) in [6, 6.07) is 7.71. The van der Waals surface area contributed by atoms with Gasteiger partial charge in [-0.15, -0.1) is 0 Å². The largest absolute Gasteiger partial charge is 0.431 e. The van der Waals surface area contributed by atoms with Crippen LogP contribution in [0.15, 0.2) is 33.9 Å². The molecule has 1 aromatic heterocycles. The maximum atomic E-state index is 12.5. The lowest BCUT2D eigenvalue weighted by atomic mass is 9.75. The Morgan fingerprint density at radius 3 is 2.91 bits per heavy atom. The molecule has 5 heteroatoms. The second-order valence-corrected chi connectivity index (χ2v) is 7.60. The van der Waals surface area contributed by atoms with Crippen LogP contribution in [0, 0.1) is 11.8 Å². The summed E-state index contributed by atoms with van der Waals surface area (Å²) in [7, 11) is 0. The monoisotopic (exact) mass is 330 g/mol. The van der Waals surface area contributed by atoms with E-state index in [9.17, 15) is 4.79 Å². The third-order valence-electron chi connectivity index (χ3n) is 5.24. The molecule has 122 valence electrons. The second kappa shape index (κ2) is 6.56. The molecule has 2 heterocycles. The number of oxazole rings is 1. The standard InChI is InChI=1S/C18H22N2O2S/c21-17(20-10-9-13-5-1-2-6-14(13)11-20)12-23-18-19-15-7-3-4-8-16(15)22-18/h3-4,7-8,13-14H,1-2,5-6,9-12H2/t13-,14+/m0/s1. The van der Waals surface area contributed by atoms with E-state index in [-0.39, 0.29) is 5.91 Å². The average molecular weight is 330 g/mol. The van der Waals surface area contributed by atoms with Crippen LogP contribution in [-0.2, 0) is 4.79 Å². The number of para-hydroxylation sites is 2. The minimum Gasteiger partial charge on any atom is -0.431 e. The highest BCUT2D eigenvalue weighted by Crippen LogP contribution is 2.36. The highest BCUT2D eigenvalue weighted by atomic mass is 32.2. The Bertz CT molecular complexity index is 666. The highest BCUT2D eigenvalue weighted by Gasteiger charge is 2.32. The molecule has 2 fully saturated rings. The predicted octanol–water partition coefficient (Wildman–Crippen LogP) is 3.96. The van der Waals surface area contributed by atoms with Crippen molar-refractivity contribution in [3.8, 4) is 0 Å². The minimum absolute atomic E-state index is 0.223. The first-order chi connectivity index (χ1) is 11.3. The van der Waals surface area contributed by atoms with Crippen LogP contribution in [0.2, 0.25) is 0 Å². The van der Waals surface area contributed by atoms with Gasteiger partial charge in [-0.25, -0.2) is 4.98 Å². The van der Waals surface area contributed by atoms with Crippen molar-refractivity contribution in [2.45, 2.75) is 37.3 Å². The number of amides is 1. The van der Waals surface area contributed by atoms with E-state index in [1.807, 2.05) is 24.3 Å². The fourth-order valence-electron chi connectivity index (χ4n) is 3.95. The Morgan fingerprint density at radius 1 is 1.22 bits per heavy atom. The van der Waals surface area contributed by atoms with E-state index in [4.69, 9.17) is 4.42 Å². The lowest BCUT2D eigenvalue weighted by Crippen LogP contribution is -2.45. The van der Waals surface area contributed by atoms with Gasteiger partial charge in [0, 0.05) is 13.1 Å². The summed E-state index contributed by atoms with van der Waals surface area (Å²) in [5.74, 6) is 2.24. The molecule has 2 aromatic rings. The van der Waals surface area contributed by atoms with E-state index in [1.165, 1.54) is 43.9 Å². The molecule has 4 nitrogen and oxygen atoms in total. The van der Waals surface area contributed by atoms with Gasteiger partial charge in [0.05, 0.1) is 5.75 Å². The van der Waals surface area contributed by atoms with Gasteiger partial charge in [-0.3, -0.25) is 4.79 Å². The van der Waals surface area contributed by atoms with Crippen LogP contribution in [0.25, 0.3) is 11.1 Å². The molecule has 2 aliphatic rings. The van der Waals surface area contributed by atoms with E-state index >= 15 is 0 Å². The molecule has 1 saturated heterocycles. The first-order valence-corrected chi connectivity index (χ1v) is 9.54. The molecule has 0 bridgehead atoms. The van der Waals surface area contributed by atoms with E-state index in [1.54, 1.807) is 0 Å². The molecule has 1 aliphatic carbocycles. The van der Waals surface area contributed by atoms with Crippen LogP contribution >= 0.6 is 11.8 Å². The quantitative estimate of drug-likeness (QED) is 0.799. The molecule has 0 spiro atoms. The van der Waals surface area contributed by atoms with Gasteiger partial charge in [0.1, 0.15) is 5.52 Å². The van der Waals surface area contributed by atoms with Crippen molar-refractivity contribution in [2.75, 3.05) is 18.8 Å². The van der Waals surface area contributed by atoms with E-state index < -0.39 is 0 Å². The van der Waals surface area contributed by atoms with Crippen molar-refractivity contribution in [3.05, 3.63) is 24.3 Å². The summed E-state index contributed by atoms with van der Waals surface area (Å²) >= 11 is 1.41. The predicted molar refractivity (Wildman–Crippen MR) is 91.4 cm³/mol. The molecule has 23 heavy (non-hydrogen) atoms. The van der Waals surface area contributed by atoms with Crippen molar-refractivity contribution in [1.82, 2.24) is 9.88 Å². The Labute approximate surface area is 140 Å². The fourth-order valence-corrected chi connectivity index (χ4v) is 4.70. The molecule has 1 saturated carbocycles. The number of nitrogens with zero attached hydrogens (tertiary/aromatic N) is 2. The zero-order valence-electron chi connectivity index (χ0n) is 13.2. The summed E-state index contributed by atoms with van der Waals surface area (Å²) in [5, 5.41) is 0.590. The first kappa shape index (κ1) is 15.1. The maximum absolute atomic E-state index is 12.5.